The Labute approximate surface area is 135 Å². The minimum Gasteiger partial charge on any atom is -0.330 e. The van der Waals surface area contributed by atoms with Crippen LogP contribution in [-0.2, 0) is 10.0 Å². The molecule has 4 nitrogen and oxygen atoms in total. The third kappa shape index (κ3) is 3.54. The average molecular weight is 384 g/mol. The first-order valence-electron chi connectivity index (χ1n) is 6.24. The summed E-state index contributed by atoms with van der Waals surface area (Å²) < 4.78 is 27.5. The van der Waals surface area contributed by atoms with Gasteiger partial charge in [0, 0.05) is 17.6 Å². The number of sulfonamides is 1. The van der Waals surface area contributed by atoms with Crippen LogP contribution in [0.5, 0.6) is 0 Å². The first-order chi connectivity index (χ1) is 8.77. The summed E-state index contributed by atoms with van der Waals surface area (Å²) in [5.41, 5.74) is 6.55. The fourth-order valence-corrected chi connectivity index (χ4v) is 4.83. The third-order valence-corrected chi connectivity index (χ3v) is 5.95. The van der Waals surface area contributed by atoms with Crippen LogP contribution in [0.25, 0.3) is 0 Å². The average Bonchev–Trinajstić information content (AvgIpc) is 2.72. The van der Waals surface area contributed by atoms with E-state index in [0.29, 0.717) is 24.5 Å². The second-order valence-electron chi connectivity index (χ2n) is 5.57. The normalized spacial score (nSPS) is 23.6. The number of halogens is 2. The lowest BCUT2D eigenvalue weighted by molar-refractivity contribution is 0.349. The Morgan fingerprint density at radius 1 is 1.40 bits per heavy atom. The molecule has 0 aromatic heterocycles. The second kappa shape index (κ2) is 6.32. The third-order valence-electron chi connectivity index (χ3n) is 3.67. The van der Waals surface area contributed by atoms with Crippen LogP contribution >= 0.6 is 28.3 Å². The van der Waals surface area contributed by atoms with E-state index in [9.17, 15) is 8.42 Å². The van der Waals surface area contributed by atoms with Crippen molar-refractivity contribution in [3.8, 4) is 0 Å². The number of rotatable bonds is 3. The molecule has 20 heavy (non-hydrogen) atoms. The summed E-state index contributed by atoms with van der Waals surface area (Å²) >= 11 is 3.35. The molecule has 0 bridgehead atoms. The minimum absolute atomic E-state index is 0. The fourth-order valence-electron chi connectivity index (χ4n) is 2.35. The van der Waals surface area contributed by atoms with Crippen molar-refractivity contribution in [2.75, 3.05) is 19.6 Å². The summed E-state index contributed by atoms with van der Waals surface area (Å²) in [7, 11) is -3.42. The second-order valence-corrected chi connectivity index (χ2v) is 8.42. The first-order valence-corrected chi connectivity index (χ1v) is 8.48. The molecule has 1 aromatic carbocycles. The van der Waals surface area contributed by atoms with E-state index in [0.717, 1.165) is 16.5 Å². The van der Waals surface area contributed by atoms with Crippen LogP contribution in [-0.4, -0.2) is 32.4 Å². The summed E-state index contributed by atoms with van der Waals surface area (Å²) in [4.78, 5) is 0.348. The highest BCUT2D eigenvalue weighted by Crippen LogP contribution is 2.33. The van der Waals surface area contributed by atoms with E-state index >= 15 is 0 Å². The maximum Gasteiger partial charge on any atom is 0.243 e. The Hall–Kier alpha value is -0.140. The highest BCUT2D eigenvalue weighted by molar-refractivity contribution is 9.10. The number of benzene rings is 1. The van der Waals surface area contributed by atoms with Gasteiger partial charge in [0.1, 0.15) is 0 Å². The van der Waals surface area contributed by atoms with Crippen molar-refractivity contribution in [2.45, 2.75) is 25.2 Å². The lowest BCUT2D eigenvalue weighted by Gasteiger charge is -2.22. The van der Waals surface area contributed by atoms with Gasteiger partial charge >= 0.3 is 0 Å². The van der Waals surface area contributed by atoms with Gasteiger partial charge in [0.2, 0.25) is 10.0 Å². The molecule has 7 heteroatoms. The van der Waals surface area contributed by atoms with Crippen molar-refractivity contribution in [2.24, 2.45) is 11.1 Å². The van der Waals surface area contributed by atoms with Gasteiger partial charge in [0.15, 0.2) is 0 Å². The van der Waals surface area contributed by atoms with E-state index < -0.39 is 10.0 Å². The van der Waals surface area contributed by atoms with E-state index in [2.05, 4.69) is 15.9 Å². The van der Waals surface area contributed by atoms with Crippen LogP contribution in [0, 0.1) is 12.3 Å². The highest BCUT2D eigenvalue weighted by atomic mass is 79.9. The Morgan fingerprint density at radius 3 is 2.55 bits per heavy atom. The van der Waals surface area contributed by atoms with Gasteiger partial charge in [-0.3, -0.25) is 0 Å². The predicted octanol–water partition coefficient (Wildman–Crippen LogP) is 2.54. The van der Waals surface area contributed by atoms with Crippen LogP contribution in [0.1, 0.15) is 18.9 Å². The molecule has 1 aliphatic heterocycles. The zero-order chi connectivity index (χ0) is 14.3. The molecule has 0 aliphatic carbocycles. The van der Waals surface area contributed by atoms with Crippen molar-refractivity contribution < 1.29 is 8.42 Å². The Bertz CT molecular complexity index is 574. The summed E-state index contributed by atoms with van der Waals surface area (Å²) in [6.07, 6.45) is 0.815. The van der Waals surface area contributed by atoms with Crippen LogP contribution in [0.4, 0.5) is 0 Å². The Morgan fingerprint density at radius 2 is 2.05 bits per heavy atom. The SMILES string of the molecule is Cc1cc(Br)cc(S(=O)(=O)N2CCC(C)(CN)C2)c1.Cl. The molecule has 0 radical (unpaired) electrons. The van der Waals surface area contributed by atoms with Gasteiger partial charge < -0.3 is 5.73 Å². The number of aryl methyl sites for hydroxylation is 1. The topological polar surface area (TPSA) is 63.4 Å². The molecule has 2 N–H and O–H groups in total. The lowest BCUT2D eigenvalue weighted by atomic mass is 9.90. The molecule has 1 unspecified atom stereocenters. The molecular weight excluding hydrogens is 364 g/mol. The standard InChI is InChI=1S/C13H19BrN2O2S.ClH/c1-10-5-11(14)7-12(6-10)19(17,18)16-4-3-13(2,8-15)9-16;/h5-7H,3-4,8-9,15H2,1-2H3;1H. The minimum atomic E-state index is -3.42. The zero-order valence-electron chi connectivity index (χ0n) is 11.6. The molecule has 0 amide bonds. The van der Waals surface area contributed by atoms with E-state index in [-0.39, 0.29) is 17.8 Å². The molecule has 1 aliphatic rings. The molecule has 0 saturated carbocycles. The van der Waals surface area contributed by atoms with Crippen LogP contribution in [0.3, 0.4) is 0 Å². The number of hydrogen-bond acceptors (Lipinski definition) is 3. The van der Waals surface area contributed by atoms with E-state index in [1.54, 1.807) is 16.4 Å². The van der Waals surface area contributed by atoms with Gasteiger partial charge in [-0.1, -0.05) is 22.9 Å². The van der Waals surface area contributed by atoms with Crippen molar-refractivity contribution in [3.63, 3.8) is 0 Å². The quantitative estimate of drug-likeness (QED) is 0.872. The largest absolute Gasteiger partial charge is 0.330 e. The molecule has 1 fully saturated rings. The Balaban J connectivity index is 0.00000200. The lowest BCUT2D eigenvalue weighted by Crippen LogP contribution is -2.34. The summed E-state index contributed by atoms with van der Waals surface area (Å²) in [5.74, 6) is 0. The first kappa shape index (κ1) is 17.9. The number of nitrogens with zero attached hydrogens (tertiary/aromatic N) is 1. The summed E-state index contributed by atoms with van der Waals surface area (Å²) in [5, 5.41) is 0. The van der Waals surface area contributed by atoms with Gasteiger partial charge in [-0.05, 0) is 49.1 Å². The fraction of sp³-hybridized carbons (Fsp3) is 0.538. The van der Waals surface area contributed by atoms with E-state index in [4.69, 9.17) is 5.73 Å². The van der Waals surface area contributed by atoms with Gasteiger partial charge in [0.05, 0.1) is 4.90 Å². The highest BCUT2D eigenvalue weighted by Gasteiger charge is 2.39. The van der Waals surface area contributed by atoms with E-state index in [1.807, 2.05) is 19.9 Å². The van der Waals surface area contributed by atoms with Gasteiger partial charge in [-0.25, -0.2) is 8.42 Å². The molecule has 1 aromatic rings. The molecule has 1 atom stereocenters. The number of hydrogen-bond donors (Lipinski definition) is 1. The molecule has 114 valence electrons. The molecule has 1 heterocycles. The Kier molecular flexibility index (Phi) is 5.66. The zero-order valence-corrected chi connectivity index (χ0v) is 14.8. The van der Waals surface area contributed by atoms with Gasteiger partial charge in [-0.2, -0.15) is 4.31 Å². The maximum atomic E-state index is 12.6. The van der Waals surface area contributed by atoms with Crippen LogP contribution < -0.4 is 5.73 Å². The molecule has 1 saturated heterocycles. The molecule has 0 spiro atoms. The maximum absolute atomic E-state index is 12.6. The monoisotopic (exact) mass is 382 g/mol. The predicted molar refractivity (Wildman–Crippen MR) is 86.7 cm³/mol. The van der Waals surface area contributed by atoms with Gasteiger partial charge in [0.25, 0.3) is 0 Å². The molecular formula is C13H20BrClN2O2S. The smallest absolute Gasteiger partial charge is 0.243 e. The van der Waals surface area contributed by atoms with Crippen molar-refractivity contribution in [1.29, 1.82) is 0 Å². The number of nitrogens with two attached hydrogens (primary N) is 1. The van der Waals surface area contributed by atoms with E-state index in [1.165, 1.54) is 0 Å². The van der Waals surface area contributed by atoms with Crippen molar-refractivity contribution >= 4 is 38.4 Å². The van der Waals surface area contributed by atoms with Crippen molar-refractivity contribution in [1.82, 2.24) is 4.31 Å². The van der Waals surface area contributed by atoms with Crippen LogP contribution in [0.15, 0.2) is 27.6 Å². The van der Waals surface area contributed by atoms with Crippen LogP contribution in [0.2, 0.25) is 0 Å². The summed E-state index contributed by atoms with van der Waals surface area (Å²) in [6, 6.07) is 5.26. The molecule has 2 rings (SSSR count). The van der Waals surface area contributed by atoms with Crippen molar-refractivity contribution in [3.05, 3.63) is 28.2 Å². The summed E-state index contributed by atoms with van der Waals surface area (Å²) in [6.45, 7) is 5.47. The van der Waals surface area contributed by atoms with Gasteiger partial charge in [-0.15, -0.1) is 12.4 Å².